The summed E-state index contributed by atoms with van der Waals surface area (Å²) in [6, 6.07) is 43.3. The van der Waals surface area contributed by atoms with Gasteiger partial charge in [-0.05, 0) is 120 Å². The zero-order valence-electron chi connectivity index (χ0n) is 35.4. The van der Waals surface area contributed by atoms with Crippen LogP contribution in [0.3, 0.4) is 0 Å². The molecular formula is C52H50IrN4OSi-2. The molecule has 9 rings (SSSR count). The molecule has 0 bridgehead atoms. The number of hydrogen-bond acceptors (Lipinski definition) is 4. The number of aromatic nitrogens is 4. The van der Waals surface area contributed by atoms with E-state index in [2.05, 4.69) is 185 Å². The monoisotopic (exact) mass is 967 g/mol. The van der Waals surface area contributed by atoms with E-state index in [9.17, 15) is 0 Å². The van der Waals surface area contributed by atoms with E-state index in [0.29, 0.717) is 11.6 Å². The molecule has 299 valence electrons. The van der Waals surface area contributed by atoms with Gasteiger partial charge in [-0.1, -0.05) is 105 Å². The zero-order valence-corrected chi connectivity index (χ0v) is 38.8. The number of rotatable bonds is 7. The van der Waals surface area contributed by atoms with E-state index in [1.54, 1.807) is 0 Å². The predicted molar refractivity (Wildman–Crippen MR) is 245 cm³/mol. The quantitative estimate of drug-likeness (QED) is 0.118. The third-order valence-corrected chi connectivity index (χ3v) is 12.9. The Morgan fingerprint density at radius 1 is 0.729 bits per heavy atom. The van der Waals surface area contributed by atoms with Crippen molar-refractivity contribution >= 4 is 46.4 Å². The van der Waals surface area contributed by atoms with Gasteiger partial charge in [-0.2, -0.15) is 0 Å². The Kier molecular flexibility index (Phi) is 12.0. The largest absolute Gasteiger partial charge is 0.482 e. The normalized spacial score (nSPS) is 11.6. The van der Waals surface area contributed by atoms with Gasteiger partial charge < -0.3 is 19.0 Å². The van der Waals surface area contributed by atoms with E-state index < -0.39 is 8.07 Å². The average molecular weight is 967 g/mol. The Balaban J connectivity index is 0.000000214. The van der Waals surface area contributed by atoms with Gasteiger partial charge >= 0.3 is 0 Å². The molecule has 0 aliphatic carbocycles. The van der Waals surface area contributed by atoms with Crippen LogP contribution in [0, 0.1) is 45.9 Å². The smallest absolute Gasteiger partial charge is 0.141 e. The van der Waals surface area contributed by atoms with Gasteiger partial charge in [0.05, 0.1) is 24.9 Å². The summed E-state index contributed by atoms with van der Waals surface area (Å²) in [5.74, 6) is 1.49. The SMILES string of the molecule is CC(C)Cc1cc(-c2[c-]cccc2)ncc1[Si](C)(C)C.Cc1cc(-c2ccccc2)cc(C)c1-n1c(-c2[c-]nc3oc4c(C)ccc(C)c4c3c2)nc2ccccc21.[Ir]. The van der Waals surface area contributed by atoms with Crippen molar-refractivity contribution in [3.63, 3.8) is 0 Å². The fourth-order valence-corrected chi connectivity index (χ4v) is 9.74. The topological polar surface area (TPSA) is 56.7 Å². The van der Waals surface area contributed by atoms with Crippen molar-refractivity contribution in [2.45, 2.75) is 67.6 Å². The molecule has 0 unspecified atom stereocenters. The predicted octanol–water partition coefficient (Wildman–Crippen LogP) is 13.0. The minimum absolute atomic E-state index is 0. The Morgan fingerprint density at radius 3 is 2.12 bits per heavy atom. The third kappa shape index (κ3) is 8.38. The van der Waals surface area contributed by atoms with Crippen molar-refractivity contribution in [1.29, 1.82) is 0 Å². The maximum absolute atomic E-state index is 6.15. The first kappa shape index (κ1) is 41.7. The summed E-state index contributed by atoms with van der Waals surface area (Å²) in [6.07, 6.45) is 6.49. The average Bonchev–Trinajstić information content (AvgIpc) is 3.79. The minimum Gasteiger partial charge on any atom is -0.482 e. The zero-order chi connectivity index (χ0) is 40.7. The van der Waals surface area contributed by atoms with Crippen LogP contribution in [0.5, 0.6) is 0 Å². The third-order valence-electron chi connectivity index (χ3n) is 10.9. The number of benzene rings is 5. The summed E-state index contributed by atoms with van der Waals surface area (Å²) in [4.78, 5) is 14.4. The number of aryl methyl sites for hydroxylation is 4. The Labute approximate surface area is 363 Å². The number of imidazole rings is 1. The van der Waals surface area contributed by atoms with Crippen molar-refractivity contribution < 1.29 is 24.5 Å². The van der Waals surface area contributed by atoms with Gasteiger partial charge in [0.2, 0.25) is 0 Å². The maximum Gasteiger partial charge on any atom is 0.141 e. The second kappa shape index (κ2) is 17.0. The number of para-hydroxylation sites is 2. The number of pyridine rings is 2. The molecule has 59 heavy (non-hydrogen) atoms. The van der Waals surface area contributed by atoms with Crippen LogP contribution in [-0.4, -0.2) is 27.6 Å². The van der Waals surface area contributed by atoms with Crippen LogP contribution < -0.4 is 5.19 Å². The number of furan rings is 1. The molecule has 0 N–H and O–H groups in total. The molecule has 9 aromatic rings. The van der Waals surface area contributed by atoms with Crippen LogP contribution in [0.1, 0.15) is 41.7 Å². The summed E-state index contributed by atoms with van der Waals surface area (Å²) in [5.41, 5.74) is 16.1. The molecule has 5 aromatic carbocycles. The molecule has 4 aromatic heterocycles. The van der Waals surface area contributed by atoms with Crippen LogP contribution >= 0.6 is 0 Å². The molecule has 0 aliphatic rings. The van der Waals surface area contributed by atoms with Gasteiger partial charge in [-0.15, -0.1) is 42.0 Å². The van der Waals surface area contributed by atoms with Crippen molar-refractivity contribution in [3.05, 3.63) is 162 Å². The molecule has 0 amide bonds. The first-order valence-electron chi connectivity index (χ1n) is 20.2. The van der Waals surface area contributed by atoms with Crippen molar-refractivity contribution in [2.75, 3.05) is 0 Å². The van der Waals surface area contributed by atoms with E-state index in [1.165, 1.54) is 38.6 Å². The molecule has 1 radical (unpaired) electrons. The molecule has 0 saturated heterocycles. The van der Waals surface area contributed by atoms with Gasteiger partial charge in [0.15, 0.2) is 0 Å². The summed E-state index contributed by atoms with van der Waals surface area (Å²) in [5, 5.41) is 3.58. The number of fused-ring (bicyclic) bond motifs is 4. The van der Waals surface area contributed by atoms with Crippen LogP contribution in [0.4, 0.5) is 0 Å². The minimum atomic E-state index is -1.34. The Hall–Kier alpha value is -5.46. The molecule has 4 heterocycles. The second-order valence-electron chi connectivity index (χ2n) is 16.9. The standard InChI is InChI=1S/C34H26N3O.C18H24NSi.Ir/c1-20-14-15-21(2)32-30(20)27-18-26(19-35-34(27)38-32)33-36-28-12-8-9-13-29(28)37(33)31-22(3)16-25(17-23(31)4)24-10-6-5-7-11-24;1-14(2)11-16-12-17(15-9-7-6-8-10-15)19-13-18(16)20(3,4)5;/h5-18H,1-4H3;6-9,12-14H,11H2,1-5H3;/q2*-1;. The molecule has 0 atom stereocenters. The van der Waals surface area contributed by atoms with E-state index in [-0.39, 0.29) is 20.1 Å². The van der Waals surface area contributed by atoms with Crippen LogP contribution in [0.15, 0.2) is 126 Å². The second-order valence-corrected chi connectivity index (χ2v) is 22.0. The summed E-state index contributed by atoms with van der Waals surface area (Å²) in [6.45, 7) is 20.3. The molecule has 0 aliphatic heterocycles. The fourth-order valence-electron chi connectivity index (χ4n) is 8.15. The van der Waals surface area contributed by atoms with Crippen molar-refractivity contribution in [2.24, 2.45) is 5.92 Å². The van der Waals surface area contributed by atoms with Gasteiger partial charge in [0.1, 0.15) is 11.3 Å². The van der Waals surface area contributed by atoms with E-state index in [0.717, 1.165) is 67.7 Å². The molecule has 5 nitrogen and oxygen atoms in total. The van der Waals surface area contributed by atoms with E-state index in [1.807, 2.05) is 24.3 Å². The molecular weight excluding hydrogens is 917 g/mol. The summed E-state index contributed by atoms with van der Waals surface area (Å²) < 4.78 is 8.41. The van der Waals surface area contributed by atoms with Gasteiger partial charge in [0, 0.05) is 37.4 Å². The van der Waals surface area contributed by atoms with E-state index >= 15 is 0 Å². The maximum atomic E-state index is 6.15. The summed E-state index contributed by atoms with van der Waals surface area (Å²) >= 11 is 0. The van der Waals surface area contributed by atoms with Gasteiger partial charge in [-0.3, -0.25) is 4.98 Å². The van der Waals surface area contributed by atoms with Gasteiger partial charge in [0.25, 0.3) is 0 Å². The van der Waals surface area contributed by atoms with Gasteiger partial charge in [-0.25, -0.2) is 0 Å². The molecule has 0 saturated carbocycles. The Morgan fingerprint density at radius 2 is 1.42 bits per heavy atom. The first-order valence-corrected chi connectivity index (χ1v) is 23.7. The number of nitrogens with zero attached hydrogens (tertiary/aromatic N) is 4. The molecule has 7 heteroatoms. The van der Waals surface area contributed by atoms with Crippen molar-refractivity contribution in [3.8, 4) is 39.5 Å². The van der Waals surface area contributed by atoms with E-state index in [4.69, 9.17) is 9.40 Å². The first-order chi connectivity index (χ1) is 27.9. The van der Waals surface area contributed by atoms with Crippen LogP contribution in [-0.2, 0) is 26.5 Å². The molecule has 0 fully saturated rings. The molecule has 0 spiro atoms. The summed E-state index contributed by atoms with van der Waals surface area (Å²) in [7, 11) is -1.34. The van der Waals surface area contributed by atoms with Crippen LogP contribution in [0.2, 0.25) is 19.6 Å². The van der Waals surface area contributed by atoms with Crippen LogP contribution in [0.25, 0.3) is 72.6 Å². The fraction of sp³-hybridized carbons (Fsp3) is 0.212. The van der Waals surface area contributed by atoms with Crippen molar-refractivity contribution in [1.82, 2.24) is 19.5 Å². The number of hydrogen-bond donors (Lipinski definition) is 0. The Bertz CT molecular complexity index is 2900.